The average Bonchev–Trinajstić information content (AvgIpc) is 1.83. The summed E-state index contributed by atoms with van der Waals surface area (Å²) in [6, 6.07) is 6.52. The maximum absolute atomic E-state index is 4.35. The van der Waals surface area contributed by atoms with Crippen molar-refractivity contribution in [3.8, 4) is 0 Å². The van der Waals surface area contributed by atoms with Crippen LogP contribution >= 0.6 is 15.9 Å². The van der Waals surface area contributed by atoms with Gasteiger partial charge in [-0.2, -0.15) is 0 Å². The van der Waals surface area contributed by atoms with Crippen LogP contribution in [-0.4, -0.2) is 11.5 Å². The lowest BCUT2D eigenvalue weighted by Gasteiger charge is -2.26. The van der Waals surface area contributed by atoms with Gasteiger partial charge in [0.25, 0.3) is 0 Å². The fourth-order valence-electron chi connectivity index (χ4n) is 1.16. The van der Waals surface area contributed by atoms with Crippen molar-refractivity contribution in [2.24, 2.45) is 0 Å². The Morgan fingerprint density at radius 2 is 2.36 bits per heavy atom. The fourth-order valence-corrected chi connectivity index (χ4v) is 1.52. The Kier molecular flexibility index (Phi) is 1.92. The zero-order chi connectivity index (χ0) is 7.68. The molecule has 1 fully saturated rings. The Hall–Kier alpha value is -0.410. The number of halogens is 1. The minimum absolute atomic E-state index is 0.493. The van der Waals surface area contributed by atoms with Crippen molar-refractivity contribution >= 4 is 15.9 Å². The summed E-state index contributed by atoms with van der Waals surface area (Å²) in [6.07, 6.45) is 1.21. The smallest absolute Gasteiger partial charge is 0.106 e. The van der Waals surface area contributed by atoms with Crippen LogP contribution in [0.2, 0.25) is 0 Å². The van der Waals surface area contributed by atoms with E-state index in [0.29, 0.717) is 6.04 Å². The average molecular weight is 213 g/mol. The number of rotatable bonds is 1. The van der Waals surface area contributed by atoms with E-state index in [9.17, 15) is 0 Å². The highest BCUT2D eigenvalue weighted by Gasteiger charge is 2.19. The molecular formula is C8H9BrN2. The number of aromatic nitrogens is 1. The molecule has 0 radical (unpaired) electrons. The topological polar surface area (TPSA) is 24.9 Å². The minimum Gasteiger partial charge on any atom is -0.309 e. The standard InChI is InChI=1S/C8H9BrN2/c9-8-3-1-2-7(11-8)6-4-5-10-6/h1-3,6,10H,4-5H2/t6-/m1/s1. The van der Waals surface area contributed by atoms with Crippen LogP contribution in [0.15, 0.2) is 22.8 Å². The van der Waals surface area contributed by atoms with E-state index >= 15 is 0 Å². The van der Waals surface area contributed by atoms with Gasteiger partial charge in [0, 0.05) is 0 Å². The van der Waals surface area contributed by atoms with Crippen molar-refractivity contribution in [1.82, 2.24) is 10.3 Å². The van der Waals surface area contributed by atoms with E-state index in [4.69, 9.17) is 0 Å². The first kappa shape index (κ1) is 7.25. The van der Waals surface area contributed by atoms with Crippen LogP contribution < -0.4 is 5.32 Å². The predicted octanol–water partition coefficient (Wildman–Crippen LogP) is 1.88. The lowest BCUT2D eigenvalue weighted by atomic mass is 10.0. The molecule has 0 bridgehead atoms. The zero-order valence-corrected chi connectivity index (χ0v) is 7.63. The first-order valence-electron chi connectivity index (χ1n) is 3.72. The van der Waals surface area contributed by atoms with E-state index in [0.717, 1.165) is 16.8 Å². The summed E-state index contributed by atoms with van der Waals surface area (Å²) >= 11 is 3.34. The van der Waals surface area contributed by atoms with Crippen molar-refractivity contribution in [2.75, 3.05) is 6.54 Å². The summed E-state index contributed by atoms with van der Waals surface area (Å²) in [4.78, 5) is 4.35. The number of hydrogen-bond acceptors (Lipinski definition) is 2. The van der Waals surface area contributed by atoms with Crippen LogP contribution in [0.25, 0.3) is 0 Å². The molecule has 2 nitrogen and oxygen atoms in total. The molecule has 1 atom stereocenters. The lowest BCUT2D eigenvalue weighted by molar-refractivity contribution is 0.375. The molecule has 1 aromatic rings. The molecule has 1 N–H and O–H groups in total. The molecule has 2 heterocycles. The van der Waals surface area contributed by atoms with Crippen LogP contribution in [0.4, 0.5) is 0 Å². The van der Waals surface area contributed by atoms with Crippen molar-refractivity contribution < 1.29 is 0 Å². The molecule has 0 saturated carbocycles. The van der Waals surface area contributed by atoms with E-state index in [1.807, 2.05) is 12.1 Å². The van der Waals surface area contributed by atoms with Gasteiger partial charge < -0.3 is 5.32 Å². The van der Waals surface area contributed by atoms with E-state index in [1.54, 1.807) is 0 Å². The normalized spacial score (nSPS) is 22.8. The second-order valence-electron chi connectivity index (χ2n) is 2.68. The lowest BCUT2D eigenvalue weighted by Crippen LogP contribution is -2.35. The monoisotopic (exact) mass is 212 g/mol. The van der Waals surface area contributed by atoms with E-state index in [-0.39, 0.29) is 0 Å². The summed E-state index contributed by atoms with van der Waals surface area (Å²) in [5.41, 5.74) is 1.14. The molecule has 1 aliphatic rings. The second kappa shape index (κ2) is 2.91. The van der Waals surface area contributed by atoms with E-state index in [2.05, 4.69) is 32.3 Å². The Morgan fingerprint density at radius 1 is 1.55 bits per heavy atom. The quantitative estimate of drug-likeness (QED) is 0.720. The third kappa shape index (κ3) is 1.44. The van der Waals surface area contributed by atoms with E-state index < -0.39 is 0 Å². The number of hydrogen-bond donors (Lipinski definition) is 1. The molecule has 1 aromatic heterocycles. The van der Waals surface area contributed by atoms with Gasteiger partial charge in [-0.3, -0.25) is 0 Å². The largest absolute Gasteiger partial charge is 0.309 e. The molecule has 0 amide bonds. The molecule has 0 unspecified atom stereocenters. The van der Waals surface area contributed by atoms with Gasteiger partial charge in [0.2, 0.25) is 0 Å². The van der Waals surface area contributed by atoms with Gasteiger partial charge in [-0.15, -0.1) is 0 Å². The summed E-state index contributed by atoms with van der Waals surface area (Å²) < 4.78 is 0.920. The number of nitrogens with zero attached hydrogens (tertiary/aromatic N) is 1. The zero-order valence-electron chi connectivity index (χ0n) is 6.05. The molecule has 0 spiro atoms. The van der Waals surface area contributed by atoms with Gasteiger partial charge in [-0.25, -0.2) is 4.98 Å². The Labute approximate surface area is 74.2 Å². The van der Waals surface area contributed by atoms with Gasteiger partial charge in [-0.1, -0.05) is 6.07 Å². The second-order valence-corrected chi connectivity index (χ2v) is 3.49. The third-order valence-corrected chi connectivity index (χ3v) is 2.36. The summed E-state index contributed by atoms with van der Waals surface area (Å²) in [5.74, 6) is 0. The first-order chi connectivity index (χ1) is 5.36. The highest BCUT2D eigenvalue weighted by molar-refractivity contribution is 9.10. The molecule has 1 saturated heterocycles. The maximum Gasteiger partial charge on any atom is 0.106 e. The Morgan fingerprint density at radius 3 is 2.91 bits per heavy atom. The number of nitrogens with one attached hydrogen (secondary N) is 1. The van der Waals surface area contributed by atoms with Crippen molar-refractivity contribution in [3.63, 3.8) is 0 Å². The molecule has 0 aliphatic carbocycles. The summed E-state index contributed by atoms with van der Waals surface area (Å²) in [6.45, 7) is 1.12. The Bertz CT molecular complexity index is 258. The highest BCUT2D eigenvalue weighted by Crippen LogP contribution is 2.21. The molecule has 11 heavy (non-hydrogen) atoms. The van der Waals surface area contributed by atoms with Gasteiger partial charge in [0.1, 0.15) is 4.60 Å². The Balaban J connectivity index is 2.23. The van der Waals surface area contributed by atoms with Crippen molar-refractivity contribution in [3.05, 3.63) is 28.5 Å². The molecule has 3 heteroatoms. The van der Waals surface area contributed by atoms with Gasteiger partial charge in [0.15, 0.2) is 0 Å². The molecular weight excluding hydrogens is 204 g/mol. The highest BCUT2D eigenvalue weighted by atomic mass is 79.9. The fraction of sp³-hybridized carbons (Fsp3) is 0.375. The van der Waals surface area contributed by atoms with Gasteiger partial charge in [0.05, 0.1) is 11.7 Å². The summed E-state index contributed by atoms with van der Waals surface area (Å²) in [7, 11) is 0. The van der Waals surface area contributed by atoms with Crippen LogP contribution in [0.1, 0.15) is 18.2 Å². The van der Waals surface area contributed by atoms with Gasteiger partial charge in [-0.05, 0) is 41.0 Å². The van der Waals surface area contributed by atoms with E-state index in [1.165, 1.54) is 6.42 Å². The molecule has 2 rings (SSSR count). The molecule has 1 aliphatic heterocycles. The van der Waals surface area contributed by atoms with Crippen LogP contribution in [0.5, 0.6) is 0 Å². The van der Waals surface area contributed by atoms with Gasteiger partial charge >= 0.3 is 0 Å². The third-order valence-electron chi connectivity index (χ3n) is 1.92. The number of pyridine rings is 1. The SMILES string of the molecule is Brc1cccc([C@H]2CCN2)n1. The van der Waals surface area contributed by atoms with Crippen molar-refractivity contribution in [2.45, 2.75) is 12.5 Å². The minimum atomic E-state index is 0.493. The van der Waals surface area contributed by atoms with Crippen LogP contribution in [0, 0.1) is 0 Å². The molecule has 58 valence electrons. The predicted molar refractivity (Wildman–Crippen MR) is 47.3 cm³/mol. The summed E-state index contributed by atoms with van der Waals surface area (Å²) in [5, 5.41) is 3.31. The van der Waals surface area contributed by atoms with Crippen LogP contribution in [0.3, 0.4) is 0 Å². The van der Waals surface area contributed by atoms with Crippen molar-refractivity contribution in [1.29, 1.82) is 0 Å². The first-order valence-corrected chi connectivity index (χ1v) is 4.51. The molecule has 0 aromatic carbocycles. The van der Waals surface area contributed by atoms with Crippen LogP contribution in [-0.2, 0) is 0 Å². The maximum atomic E-state index is 4.35.